The number of aryl methyl sites for hydroxylation is 2. The Bertz CT molecular complexity index is 688. The van der Waals surface area contributed by atoms with Crippen molar-refractivity contribution in [3.63, 3.8) is 0 Å². The van der Waals surface area contributed by atoms with Crippen molar-refractivity contribution in [1.82, 2.24) is 9.97 Å². The second kappa shape index (κ2) is 7.55. The Morgan fingerprint density at radius 2 is 2.00 bits per heavy atom. The van der Waals surface area contributed by atoms with Gasteiger partial charge >= 0.3 is 6.03 Å². The lowest BCUT2D eigenvalue weighted by atomic mass is 10.2. The van der Waals surface area contributed by atoms with Crippen LogP contribution in [0.2, 0.25) is 0 Å². The maximum atomic E-state index is 12.0. The molecule has 23 heavy (non-hydrogen) atoms. The van der Waals surface area contributed by atoms with Crippen LogP contribution in [0.15, 0.2) is 30.3 Å². The molecule has 1 heterocycles. The number of nitrogens with one attached hydrogen (secondary N) is 3. The van der Waals surface area contributed by atoms with Crippen molar-refractivity contribution < 1.29 is 9.90 Å². The molecule has 1 atom stereocenters. The molecule has 122 valence electrons. The van der Waals surface area contributed by atoms with E-state index in [-0.39, 0.29) is 5.95 Å². The summed E-state index contributed by atoms with van der Waals surface area (Å²) in [5, 5.41) is 17.6. The van der Waals surface area contributed by atoms with Crippen molar-refractivity contribution in [2.45, 2.75) is 26.9 Å². The van der Waals surface area contributed by atoms with Crippen LogP contribution in [-0.2, 0) is 0 Å². The van der Waals surface area contributed by atoms with E-state index in [1.165, 1.54) is 0 Å². The van der Waals surface area contributed by atoms with E-state index in [1.807, 2.05) is 25.1 Å². The molecule has 2 rings (SSSR count). The maximum absolute atomic E-state index is 12.0. The van der Waals surface area contributed by atoms with Crippen molar-refractivity contribution in [3.05, 3.63) is 41.6 Å². The molecule has 7 nitrogen and oxygen atoms in total. The van der Waals surface area contributed by atoms with E-state index in [2.05, 4.69) is 25.9 Å². The molecule has 0 spiro atoms. The Kier molecular flexibility index (Phi) is 5.48. The lowest BCUT2D eigenvalue weighted by molar-refractivity contribution is 0.208. The van der Waals surface area contributed by atoms with E-state index in [4.69, 9.17) is 0 Å². The van der Waals surface area contributed by atoms with E-state index in [9.17, 15) is 9.90 Å². The first kappa shape index (κ1) is 16.7. The molecule has 0 saturated carbocycles. The number of aliphatic hydroxyl groups excluding tert-OH is 1. The second-order valence-corrected chi connectivity index (χ2v) is 5.40. The van der Waals surface area contributed by atoms with Gasteiger partial charge in [-0.2, -0.15) is 4.98 Å². The summed E-state index contributed by atoms with van der Waals surface area (Å²) in [6.45, 7) is 5.80. The molecule has 0 radical (unpaired) electrons. The normalized spacial score (nSPS) is 11.7. The maximum Gasteiger partial charge on any atom is 0.326 e. The van der Waals surface area contributed by atoms with E-state index < -0.39 is 12.1 Å². The van der Waals surface area contributed by atoms with Gasteiger partial charge in [0, 0.05) is 24.0 Å². The summed E-state index contributed by atoms with van der Waals surface area (Å²) in [7, 11) is 0. The smallest absolute Gasteiger partial charge is 0.326 e. The lowest BCUT2D eigenvalue weighted by Gasteiger charge is -2.11. The first-order valence-electron chi connectivity index (χ1n) is 7.34. The molecule has 0 aliphatic heterocycles. The number of benzene rings is 1. The minimum Gasteiger partial charge on any atom is -0.392 e. The number of aliphatic hydroxyl groups is 1. The molecule has 2 aromatic rings. The first-order valence-corrected chi connectivity index (χ1v) is 7.34. The second-order valence-electron chi connectivity index (χ2n) is 5.40. The fourth-order valence-electron chi connectivity index (χ4n) is 1.95. The molecule has 7 heteroatoms. The highest BCUT2D eigenvalue weighted by Gasteiger charge is 2.08. The van der Waals surface area contributed by atoms with Crippen molar-refractivity contribution in [1.29, 1.82) is 0 Å². The SMILES string of the molecule is Cc1cccc(NC(=O)Nc2nc(C)cc(NCC(C)O)n2)c1. The zero-order valence-corrected chi connectivity index (χ0v) is 13.4. The molecule has 4 N–H and O–H groups in total. The highest BCUT2D eigenvalue weighted by molar-refractivity contribution is 5.98. The third kappa shape index (κ3) is 5.55. The van der Waals surface area contributed by atoms with Gasteiger partial charge < -0.3 is 15.7 Å². The fourth-order valence-corrected chi connectivity index (χ4v) is 1.95. The van der Waals surface area contributed by atoms with Crippen LogP contribution in [0.5, 0.6) is 0 Å². The number of carbonyl (C=O) groups excluding carboxylic acids is 1. The predicted octanol–water partition coefficient (Wildman–Crippen LogP) is 2.53. The standard InChI is InChI=1S/C16H21N5O2/c1-10-5-4-6-13(7-10)19-16(23)21-15-18-11(2)8-14(20-15)17-9-12(3)22/h4-8,12,22H,9H2,1-3H3,(H3,17,18,19,20,21,23). The number of amides is 2. The largest absolute Gasteiger partial charge is 0.392 e. The van der Waals surface area contributed by atoms with Crippen LogP contribution in [0.1, 0.15) is 18.2 Å². The molecule has 2 amide bonds. The van der Waals surface area contributed by atoms with Crippen molar-refractivity contribution >= 4 is 23.5 Å². The highest BCUT2D eigenvalue weighted by atomic mass is 16.3. The average molecular weight is 315 g/mol. The minimum absolute atomic E-state index is 0.197. The van der Waals surface area contributed by atoms with Crippen LogP contribution in [0.25, 0.3) is 0 Å². The summed E-state index contributed by atoms with van der Waals surface area (Å²) in [5.74, 6) is 0.743. The number of carbonyl (C=O) groups is 1. The summed E-state index contributed by atoms with van der Waals surface area (Å²) in [6, 6.07) is 8.82. The molecular formula is C16H21N5O2. The van der Waals surface area contributed by atoms with Crippen LogP contribution < -0.4 is 16.0 Å². The van der Waals surface area contributed by atoms with Crippen molar-refractivity contribution in [3.8, 4) is 0 Å². The number of aromatic nitrogens is 2. The van der Waals surface area contributed by atoms with Crippen LogP contribution in [0.3, 0.4) is 0 Å². The van der Waals surface area contributed by atoms with Gasteiger partial charge in [0.15, 0.2) is 0 Å². The van der Waals surface area contributed by atoms with Crippen LogP contribution in [0.4, 0.5) is 22.2 Å². The molecule has 0 fully saturated rings. The fraction of sp³-hybridized carbons (Fsp3) is 0.312. The highest BCUT2D eigenvalue weighted by Crippen LogP contribution is 2.12. The van der Waals surface area contributed by atoms with Gasteiger partial charge in [0.1, 0.15) is 5.82 Å². The Morgan fingerprint density at radius 1 is 1.22 bits per heavy atom. The summed E-state index contributed by atoms with van der Waals surface area (Å²) >= 11 is 0. The molecular weight excluding hydrogens is 294 g/mol. The summed E-state index contributed by atoms with van der Waals surface area (Å²) in [6.07, 6.45) is -0.494. The topological polar surface area (TPSA) is 99.2 Å². The van der Waals surface area contributed by atoms with Crippen molar-refractivity contribution in [2.75, 3.05) is 22.5 Å². The van der Waals surface area contributed by atoms with Gasteiger partial charge in [-0.3, -0.25) is 5.32 Å². The molecule has 1 aromatic carbocycles. The summed E-state index contributed by atoms with van der Waals surface area (Å²) in [4.78, 5) is 20.4. The van der Waals surface area contributed by atoms with Crippen molar-refractivity contribution in [2.24, 2.45) is 0 Å². The average Bonchev–Trinajstić information content (AvgIpc) is 2.44. The zero-order chi connectivity index (χ0) is 16.8. The Balaban J connectivity index is 2.02. The molecule has 1 unspecified atom stereocenters. The molecule has 1 aromatic heterocycles. The molecule has 0 bridgehead atoms. The summed E-state index contributed by atoms with van der Waals surface area (Å²) < 4.78 is 0. The molecule has 0 saturated heterocycles. The van der Waals surface area contributed by atoms with Gasteiger partial charge in [0.2, 0.25) is 5.95 Å². The Hall–Kier alpha value is -2.67. The monoisotopic (exact) mass is 315 g/mol. The number of hydrogen-bond acceptors (Lipinski definition) is 5. The zero-order valence-electron chi connectivity index (χ0n) is 13.4. The Morgan fingerprint density at radius 3 is 2.70 bits per heavy atom. The lowest BCUT2D eigenvalue weighted by Crippen LogP contribution is -2.22. The number of hydrogen-bond donors (Lipinski definition) is 4. The van der Waals surface area contributed by atoms with E-state index in [0.29, 0.717) is 23.7 Å². The Labute approximate surface area is 135 Å². The van der Waals surface area contributed by atoms with Crippen LogP contribution in [-0.4, -0.2) is 33.8 Å². The molecule has 0 aliphatic rings. The summed E-state index contributed by atoms with van der Waals surface area (Å²) in [5.41, 5.74) is 2.46. The van der Waals surface area contributed by atoms with E-state index >= 15 is 0 Å². The van der Waals surface area contributed by atoms with Gasteiger partial charge in [0.25, 0.3) is 0 Å². The van der Waals surface area contributed by atoms with Gasteiger partial charge in [-0.1, -0.05) is 12.1 Å². The number of anilines is 3. The van der Waals surface area contributed by atoms with Gasteiger partial charge in [-0.05, 0) is 38.5 Å². The van der Waals surface area contributed by atoms with Gasteiger partial charge in [-0.25, -0.2) is 9.78 Å². The number of nitrogens with zero attached hydrogens (tertiary/aromatic N) is 2. The predicted molar refractivity (Wildman–Crippen MR) is 90.8 cm³/mol. The minimum atomic E-state index is -0.494. The first-order chi connectivity index (χ1) is 10.9. The third-order valence-corrected chi connectivity index (χ3v) is 2.93. The number of rotatable bonds is 5. The number of urea groups is 1. The van der Waals surface area contributed by atoms with Crippen LogP contribution >= 0.6 is 0 Å². The third-order valence-electron chi connectivity index (χ3n) is 2.93. The van der Waals surface area contributed by atoms with E-state index in [1.54, 1.807) is 26.0 Å². The molecule has 0 aliphatic carbocycles. The van der Waals surface area contributed by atoms with Crippen LogP contribution in [0, 0.1) is 13.8 Å². The quantitative estimate of drug-likeness (QED) is 0.679. The van der Waals surface area contributed by atoms with E-state index in [0.717, 1.165) is 5.56 Å². The van der Waals surface area contributed by atoms with Gasteiger partial charge in [-0.15, -0.1) is 0 Å². The van der Waals surface area contributed by atoms with Gasteiger partial charge in [0.05, 0.1) is 6.10 Å².